The Balaban J connectivity index is 0.943. The molecule has 6 fully saturated rings. The Bertz CT molecular complexity index is 909. The Morgan fingerprint density at radius 1 is 1.10 bits per heavy atom. The van der Waals surface area contributed by atoms with E-state index in [1.54, 1.807) is 7.11 Å². The van der Waals surface area contributed by atoms with E-state index in [9.17, 15) is 9.90 Å². The van der Waals surface area contributed by atoms with Crippen molar-refractivity contribution in [2.45, 2.75) is 37.3 Å². The Hall–Kier alpha value is -1.95. The van der Waals surface area contributed by atoms with Crippen LogP contribution in [-0.4, -0.2) is 49.5 Å². The maximum atomic E-state index is 12.7. The standard InChI is InChI=1S/C25H33N3O3/c1-31-19-5-3-2-4-18(19)28-8-6-13(7-9-28)27-24(29)26-12-25(30)22-15-11-16-20-14(15)10-17(22)21(20)23(16)25/h2-5,13-17,20-23,30H,6-12H2,1H3,(H2,26,27,29). The number of rotatable bonds is 5. The van der Waals surface area contributed by atoms with Gasteiger partial charge in [-0.1, -0.05) is 12.1 Å². The molecule has 3 N–H and O–H groups in total. The Kier molecular flexibility index (Phi) is 3.78. The number of nitrogens with one attached hydrogen (secondary N) is 2. The van der Waals surface area contributed by atoms with Crippen LogP contribution < -0.4 is 20.3 Å². The summed E-state index contributed by atoms with van der Waals surface area (Å²) in [4.78, 5) is 15.0. The Morgan fingerprint density at radius 3 is 2.65 bits per heavy atom. The molecule has 6 heteroatoms. The molecule has 9 atom stereocenters. The number of ether oxygens (including phenoxy) is 1. The normalized spacial score (nSPS) is 45.8. The zero-order valence-corrected chi connectivity index (χ0v) is 18.2. The van der Waals surface area contributed by atoms with E-state index in [0.717, 1.165) is 72.9 Å². The molecule has 1 aliphatic heterocycles. The van der Waals surface area contributed by atoms with Crippen molar-refractivity contribution in [3.05, 3.63) is 24.3 Å². The van der Waals surface area contributed by atoms with E-state index in [-0.39, 0.29) is 12.1 Å². The number of para-hydroxylation sites is 2. The van der Waals surface area contributed by atoms with Crippen molar-refractivity contribution < 1.29 is 14.6 Å². The monoisotopic (exact) mass is 423 g/mol. The summed E-state index contributed by atoms with van der Waals surface area (Å²) in [5.41, 5.74) is 0.480. The SMILES string of the molecule is COc1ccccc1N1CCC(NC(=O)NCC2(O)C3C4CC5C6C4CC3C6C52)CC1. The van der Waals surface area contributed by atoms with Gasteiger partial charge in [-0.25, -0.2) is 4.79 Å². The van der Waals surface area contributed by atoms with Crippen molar-refractivity contribution in [1.29, 1.82) is 0 Å². The molecule has 2 bridgehead atoms. The molecule has 0 radical (unpaired) electrons. The molecule has 1 heterocycles. The van der Waals surface area contributed by atoms with Crippen LogP contribution in [0.4, 0.5) is 10.5 Å². The maximum Gasteiger partial charge on any atom is 0.315 e. The lowest BCUT2D eigenvalue weighted by atomic mass is 9.56. The number of piperidine rings is 1. The third-order valence-electron chi connectivity index (χ3n) is 10.3. The average Bonchev–Trinajstić information content (AvgIpc) is 3.32. The van der Waals surface area contributed by atoms with Crippen LogP contribution in [0.1, 0.15) is 25.7 Å². The van der Waals surface area contributed by atoms with Crippen LogP contribution >= 0.6 is 0 Å². The number of nitrogens with zero attached hydrogens (tertiary/aromatic N) is 1. The van der Waals surface area contributed by atoms with Gasteiger partial charge in [-0.05, 0) is 85.2 Å². The Morgan fingerprint density at radius 2 is 1.84 bits per heavy atom. The molecule has 6 nitrogen and oxygen atoms in total. The largest absolute Gasteiger partial charge is 0.495 e. The molecule has 6 aliphatic rings. The lowest BCUT2D eigenvalue weighted by Gasteiger charge is -2.51. The second-order valence-electron chi connectivity index (χ2n) is 11.1. The first kappa shape index (κ1) is 18.6. The molecule has 9 unspecified atom stereocenters. The number of aliphatic hydroxyl groups is 1. The minimum Gasteiger partial charge on any atom is -0.495 e. The highest BCUT2D eigenvalue weighted by molar-refractivity contribution is 5.74. The highest BCUT2D eigenvalue weighted by Gasteiger charge is 2.84. The minimum atomic E-state index is -0.644. The molecule has 5 saturated carbocycles. The number of hydrogen-bond acceptors (Lipinski definition) is 4. The highest BCUT2D eigenvalue weighted by Crippen LogP contribution is 2.85. The fourth-order valence-corrected chi connectivity index (χ4v) is 9.57. The average molecular weight is 424 g/mol. The summed E-state index contributed by atoms with van der Waals surface area (Å²) in [7, 11) is 1.71. The number of fused-ring (bicyclic) bond motifs is 2. The quantitative estimate of drug-likeness (QED) is 0.680. The number of urea groups is 1. The first-order valence-electron chi connectivity index (χ1n) is 12.2. The van der Waals surface area contributed by atoms with Crippen molar-refractivity contribution in [2.75, 3.05) is 31.6 Å². The minimum absolute atomic E-state index is 0.109. The van der Waals surface area contributed by atoms with E-state index in [4.69, 9.17) is 4.74 Å². The highest BCUT2D eigenvalue weighted by atomic mass is 16.5. The topological polar surface area (TPSA) is 73.8 Å². The van der Waals surface area contributed by atoms with Gasteiger partial charge in [0.1, 0.15) is 5.75 Å². The molecule has 1 aromatic carbocycles. The number of amides is 2. The fraction of sp³-hybridized carbons (Fsp3) is 0.720. The number of carbonyl (C=O) groups is 1. The van der Waals surface area contributed by atoms with Crippen LogP contribution in [0.2, 0.25) is 0 Å². The maximum absolute atomic E-state index is 12.7. The van der Waals surface area contributed by atoms with Gasteiger partial charge in [0.25, 0.3) is 0 Å². The van der Waals surface area contributed by atoms with E-state index >= 15 is 0 Å². The molecule has 31 heavy (non-hydrogen) atoms. The van der Waals surface area contributed by atoms with Crippen LogP contribution in [0.25, 0.3) is 0 Å². The summed E-state index contributed by atoms with van der Waals surface area (Å²) in [6, 6.07) is 8.19. The molecule has 1 aromatic rings. The van der Waals surface area contributed by atoms with Gasteiger partial charge in [0.15, 0.2) is 0 Å². The second kappa shape index (κ2) is 6.31. The number of benzene rings is 1. The van der Waals surface area contributed by atoms with E-state index in [1.807, 2.05) is 18.2 Å². The summed E-state index contributed by atoms with van der Waals surface area (Å²) >= 11 is 0. The van der Waals surface area contributed by atoms with Crippen molar-refractivity contribution in [2.24, 2.45) is 47.3 Å². The van der Waals surface area contributed by atoms with Gasteiger partial charge < -0.3 is 25.4 Å². The molecule has 2 amide bonds. The van der Waals surface area contributed by atoms with Crippen LogP contribution in [0.5, 0.6) is 5.75 Å². The number of anilines is 1. The summed E-state index contributed by atoms with van der Waals surface area (Å²) in [6.45, 7) is 2.23. The second-order valence-corrected chi connectivity index (χ2v) is 11.1. The molecule has 1 saturated heterocycles. The molecule has 7 rings (SSSR count). The first-order valence-corrected chi connectivity index (χ1v) is 12.2. The van der Waals surface area contributed by atoms with E-state index in [2.05, 4.69) is 21.6 Å². The van der Waals surface area contributed by atoms with Gasteiger partial charge in [0.2, 0.25) is 0 Å². The van der Waals surface area contributed by atoms with E-state index < -0.39 is 5.60 Å². The summed E-state index contributed by atoms with van der Waals surface area (Å²) in [5, 5.41) is 17.9. The lowest BCUT2D eigenvalue weighted by Crippen LogP contribution is -2.60. The third kappa shape index (κ3) is 2.30. The molecule has 166 valence electrons. The third-order valence-corrected chi connectivity index (χ3v) is 10.3. The van der Waals surface area contributed by atoms with Crippen molar-refractivity contribution in [3.63, 3.8) is 0 Å². The molecular weight excluding hydrogens is 390 g/mol. The van der Waals surface area contributed by atoms with Crippen molar-refractivity contribution >= 4 is 11.7 Å². The van der Waals surface area contributed by atoms with Crippen molar-refractivity contribution in [3.8, 4) is 5.75 Å². The van der Waals surface area contributed by atoms with Gasteiger partial charge in [-0.3, -0.25) is 0 Å². The fourth-order valence-electron chi connectivity index (χ4n) is 9.57. The van der Waals surface area contributed by atoms with Crippen LogP contribution in [0.15, 0.2) is 24.3 Å². The van der Waals surface area contributed by atoms with Crippen LogP contribution in [-0.2, 0) is 0 Å². The first-order chi connectivity index (χ1) is 15.1. The molecule has 5 aliphatic carbocycles. The number of methoxy groups -OCH3 is 1. The molecule has 0 aromatic heterocycles. The number of hydrogen-bond donors (Lipinski definition) is 3. The summed E-state index contributed by atoms with van der Waals surface area (Å²) < 4.78 is 5.50. The smallest absolute Gasteiger partial charge is 0.315 e. The van der Waals surface area contributed by atoms with Gasteiger partial charge in [0, 0.05) is 25.7 Å². The number of carbonyl (C=O) groups excluding carboxylic acids is 1. The van der Waals surface area contributed by atoms with Gasteiger partial charge in [0.05, 0.1) is 18.4 Å². The lowest BCUT2D eigenvalue weighted by molar-refractivity contribution is -0.126. The summed E-state index contributed by atoms with van der Waals surface area (Å²) in [6.07, 6.45) is 4.55. The van der Waals surface area contributed by atoms with Gasteiger partial charge >= 0.3 is 6.03 Å². The molecule has 0 spiro atoms. The predicted molar refractivity (Wildman–Crippen MR) is 117 cm³/mol. The van der Waals surface area contributed by atoms with E-state index in [0.29, 0.717) is 18.4 Å². The van der Waals surface area contributed by atoms with Crippen LogP contribution in [0, 0.1) is 47.3 Å². The van der Waals surface area contributed by atoms with Gasteiger partial charge in [-0.15, -0.1) is 0 Å². The zero-order chi connectivity index (χ0) is 20.9. The predicted octanol–water partition coefficient (Wildman–Crippen LogP) is 2.47. The molecular formula is C25H33N3O3. The Labute approximate surface area is 183 Å². The van der Waals surface area contributed by atoms with E-state index in [1.165, 1.54) is 12.8 Å². The van der Waals surface area contributed by atoms with Crippen molar-refractivity contribution in [1.82, 2.24) is 10.6 Å². The van der Waals surface area contributed by atoms with Crippen LogP contribution in [0.3, 0.4) is 0 Å². The summed E-state index contributed by atoms with van der Waals surface area (Å²) in [5.74, 6) is 6.64. The van der Waals surface area contributed by atoms with Gasteiger partial charge in [-0.2, -0.15) is 0 Å². The zero-order valence-electron chi connectivity index (χ0n) is 18.2.